The number of anilines is 1. The number of carbonyl (C=O) groups is 1. The molecule has 1 spiro atoms. The number of carboxylic acids is 1. The van der Waals surface area contributed by atoms with E-state index in [1.807, 2.05) is 36.4 Å². The van der Waals surface area contributed by atoms with Crippen LogP contribution in [0.2, 0.25) is 5.02 Å². The van der Waals surface area contributed by atoms with E-state index in [0.29, 0.717) is 18.7 Å². The fraction of sp³-hybridized carbons (Fsp3) is 0.406. The van der Waals surface area contributed by atoms with E-state index in [-0.39, 0.29) is 40.1 Å². The van der Waals surface area contributed by atoms with E-state index in [0.717, 1.165) is 24.1 Å². The van der Waals surface area contributed by atoms with Gasteiger partial charge in [-0.25, -0.2) is 4.39 Å². The topological polar surface area (TPSA) is 52.6 Å². The molecule has 3 aromatic rings. The maximum absolute atomic E-state index is 15.6. The monoisotopic (exact) mass is 534 g/mol. The molecule has 4 nitrogen and oxygen atoms in total. The molecule has 0 amide bonds. The summed E-state index contributed by atoms with van der Waals surface area (Å²) in [5.74, 6) is -1.22. The van der Waals surface area contributed by atoms with Crippen LogP contribution < -0.4 is 10.2 Å². The van der Waals surface area contributed by atoms with Crippen LogP contribution in [0.15, 0.2) is 60.7 Å². The molecule has 38 heavy (non-hydrogen) atoms. The highest BCUT2D eigenvalue weighted by Crippen LogP contribution is 2.56. The molecular weight excluding hydrogens is 499 g/mol. The smallest absolute Gasteiger partial charge is 0.307 e. The van der Waals surface area contributed by atoms with Gasteiger partial charge in [0, 0.05) is 42.7 Å². The molecule has 0 saturated carbocycles. The minimum absolute atomic E-state index is 0.0160. The number of benzene rings is 3. The maximum atomic E-state index is 15.6. The third-order valence-electron chi connectivity index (χ3n) is 8.19. The van der Waals surface area contributed by atoms with Crippen molar-refractivity contribution in [2.75, 3.05) is 18.0 Å². The lowest BCUT2D eigenvalue weighted by Crippen LogP contribution is -2.48. The number of halogens is 2. The van der Waals surface area contributed by atoms with Gasteiger partial charge in [-0.2, -0.15) is 0 Å². The summed E-state index contributed by atoms with van der Waals surface area (Å²) in [6.45, 7) is 11.0. The molecule has 1 saturated heterocycles. The molecule has 2 N–H and O–H groups in total. The first-order chi connectivity index (χ1) is 18.0. The normalized spacial score (nSPS) is 22.7. The molecule has 200 valence electrons. The second-order valence-corrected chi connectivity index (χ2v) is 12.6. The zero-order chi connectivity index (χ0) is 27.2. The van der Waals surface area contributed by atoms with Gasteiger partial charge in [-0.15, -0.1) is 0 Å². The molecule has 2 aliphatic heterocycles. The molecule has 3 atom stereocenters. The van der Waals surface area contributed by atoms with Crippen LogP contribution in [0.5, 0.6) is 0 Å². The lowest BCUT2D eigenvalue weighted by Gasteiger charge is -2.40. The minimum Gasteiger partial charge on any atom is -0.481 e. The molecule has 0 bridgehead atoms. The third kappa shape index (κ3) is 4.94. The molecule has 0 unspecified atom stereocenters. The Morgan fingerprint density at radius 2 is 1.84 bits per heavy atom. The van der Waals surface area contributed by atoms with Crippen LogP contribution in [-0.2, 0) is 23.2 Å². The molecule has 0 aromatic heterocycles. The van der Waals surface area contributed by atoms with Crippen molar-refractivity contribution < 1.29 is 14.3 Å². The number of nitrogens with zero attached hydrogens (tertiary/aromatic N) is 1. The molecule has 2 aliphatic rings. The van der Waals surface area contributed by atoms with Gasteiger partial charge in [0.2, 0.25) is 0 Å². The summed E-state index contributed by atoms with van der Waals surface area (Å²) < 4.78 is 15.6. The number of aliphatic carboxylic acids is 1. The van der Waals surface area contributed by atoms with Gasteiger partial charge in [-0.1, -0.05) is 80.9 Å². The van der Waals surface area contributed by atoms with Crippen LogP contribution in [0.3, 0.4) is 0 Å². The summed E-state index contributed by atoms with van der Waals surface area (Å²) in [4.78, 5) is 13.5. The summed E-state index contributed by atoms with van der Waals surface area (Å²) >= 11 is 6.29. The van der Waals surface area contributed by atoms with E-state index in [2.05, 4.69) is 56.1 Å². The maximum Gasteiger partial charge on any atom is 0.307 e. The Kier molecular flexibility index (Phi) is 7.04. The third-order valence-corrected chi connectivity index (χ3v) is 8.48. The van der Waals surface area contributed by atoms with Crippen LogP contribution in [0.4, 0.5) is 10.1 Å². The highest BCUT2D eigenvalue weighted by molar-refractivity contribution is 6.30. The number of nitrogens with one attached hydrogen (secondary N) is 1. The fourth-order valence-corrected chi connectivity index (χ4v) is 6.77. The van der Waals surface area contributed by atoms with Gasteiger partial charge in [0.05, 0.1) is 11.4 Å². The summed E-state index contributed by atoms with van der Waals surface area (Å²) in [7, 11) is 0. The van der Waals surface area contributed by atoms with Crippen LogP contribution in [0.25, 0.3) is 0 Å². The average Bonchev–Trinajstić information content (AvgIpc) is 3.33. The van der Waals surface area contributed by atoms with Gasteiger partial charge >= 0.3 is 5.97 Å². The van der Waals surface area contributed by atoms with Crippen LogP contribution in [-0.4, -0.2) is 30.2 Å². The van der Waals surface area contributed by atoms with E-state index in [1.54, 1.807) is 6.07 Å². The predicted molar refractivity (Wildman–Crippen MR) is 152 cm³/mol. The standard InChI is InChI=1S/C32H36ClFN2O2/c1-20-8-13-24-27(14-20)36(18-22-11-9-21(10-12-22)15-29(37)38)19-32(24)25(17-35-28(32)16-31(2,3)4)23-6-5-7-26(33)30(23)34/h5-14,25,28,35H,15-19H2,1-4H3,(H,37,38)/t25-,28+,32-/m1/s1. The van der Waals surface area contributed by atoms with Crippen molar-refractivity contribution in [3.05, 3.63) is 99.3 Å². The fourth-order valence-electron chi connectivity index (χ4n) is 6.59. The first kappa shape index (κ1) is 26.7. The zero-order valence-corrected chi connectivity index (χ0v) is 23.3. The lowest BCUT2D eigenvalue weighted by atomic mass is 9.64. The van der Waals surface area contributed by atoms with Crippen molar-refractivity contribution in [1.29, 1.82) is 0 Å². The zero-order valence-electron chi connectivity index (χ0n) is 22.5. The van der Waals surface area contributed by atoms with Gasteiger partial charge in [0.15, 0.2) is 0 Å². The Labute approximate surface area is 229 Å². The lowest BCUT2D eigenvalue weighted by molar-refractivity contribution is -0.136. The highest BCUT2D eigenvalue weighted by atomic mass is 35.5. The molecule has 5 rings (SSSR count). The second kappa shape index (κ2) is 10.0. The first-order valence-corrected chi connectivity index (χ1v) is 13.7. The van der Waals surface area contributed by atoms with E-state index in [1.165, 1.54) is 16.8 Å². The van der Waals surface area contributed by atoms with Gasteiger partial charge in [-0.3, -0.25) is 4.79 Å². The number of fused-ring (bicyclic) bond motifs is 2. The average molecular weight is 535 g/mol. The molecule has 6 heteroatoms. The van der Waals surface area contributed by atoms with Crippen LogP contribution >= 0.6 is 11.6 Å². The summed E-state index contributed by atoms with van der Waals surface area (Å²) in [5, 5.41) is 13.1. The van der Waals surface area contributed by atoms with Gasteiger partial charge in [0.1, 0.15) is 5.82 Å². The Balaban J connectivity index is 1.59. The number of hydrogen-bond acceptors (Lipinski definition) is 3. The molecule has 2 heterocycles. The summed E-state index contributed by atoms with van der Waals surface area (Å²) in [6.07, 6.45) is 0.971. The van der Waals surface area contributed by atoms with Crippen LogP contribution in [0, 0.1) is 18.2 Å². The SMILES string of the molecule is Cc1ccc2c(c1)N(Cc1ccc(CC(=O)O)cc1)C[C@@]21[C@H](CC(C)(C)C)NC[C@@H]1c1cccc(Cl)c1F. The Hall–Kier alpha value is -2.89. The molecular formula is C32H36ClFN2O2. The van der Waals surface area contributed by atoms with Crippen molar-refractivity contribution >= 4 is 23.3 Å². The molecule has 3 aromatic carbocycles. The van der Waals surface area contributed by atoms with E-state index < -0.39 is 5.97 Å². The van der Waals surface area contributed by atoms with Crippen molar-refractivity contribution in [2.45, 2.75) is 64.5 Å². The van der Waals surface area contributed by atoms with Crippen LogP contribution in [0.1, 0.15) is 60.9 Å². The second-order valence-electron chi connectivity index (χ2n) is 12.2. The molecule has 0 aliphatic carbocycles. The van der Waals surface area contributed by atoms with Gasteiger partial charge in [-0.05, 0) is 58.7 Å². The van der Waals surface area contributed by atoms with Crippen molar-refractivity contribution in [1.82, 2.24) is 5.32 Å². The number of hydrogen-bond donors (Lipinski definition) is 2. The Morgan fingerprint density at radius 1 is 1.13 bits per heavy atom. The number of rotatable bonds is 6. The molecule has 0 radical (unpaired) electrons. The van der Waals surface area contributed by atoms with Gasteiger partial charge < -0.3 is 15.3 Å². The minimum atomic E-state index is -0.832. The van der Waals surface area contributed by atoms with E-state index in [9.17, 15) is 4.79 Å². The first-order valence-electron chi connectivity index (χ1n) is 13.3. The predicted octanol–water partition coefficient (Wildman–Crippen LogP) is 6.86. The summed E-state index contributed by atoms with van der Waals surface area (Å²) in [5.41, 5.74) is 5.98. The van der Waals surface area contributed by atoms with Crippen molar-refractivity contribution in [2.24, 2.45) is 5.41 Å². The largest absolute Gasteiger partial charge is 0.481 e. The highest BCUT2D eigenvalue weighted by Gasteiger charge is 2.57. The number of carboxylic acid groups (broad SMARTS) is 1. The van der Waals surface area contributed by atoms with Gasteiger partial charge in [0.25, 0.3) is 0 Å². The van der Waals surface area contributed by atoms with Crippen molar-refractivity contribution in [3.8, 4) is 0 Å². The summed E-state index contributed by atoms with van der Waals surface area (Å²) in [6, 6.07) is 20.0. The Morgan fingerprint density at radius 3 is 2.53 bits per heavy atom. The quantitative estimate of drug-likeness (QED) is 0.362. The van der Waals surface area contributed by atoms with E-state index >= 15 is 4.39 Å². The van der Waals surface area contributed by atoms with Crippen molar-refractivity contribution in [3.63, 3.8) is 0 Å². The Bertz CT molecular complexity index is 1350. The number of aryl methyl sites for hydroxylation is 1. The molecule has 1 fully saturated rings. The van der Waals surface area contributed by atoms with E-state index in [4.69, 9.17) is 16.7 Å².